The van der Waals surface area contributed by atoms with Gasteiger partial charge in [0.2, 0.25) is 5.91 Å². The molecule has 0 spiro atoms. The molecule has 1 amide bonds. The summed E-state index contributed by atoms with van der Waals surface area (Å²) in [7, 11) is 1.65. The number of hydrogen-bond acceptors (Lipinski definition) is 4. The largest absolute Gasteiger partial charge is 0.497 e. The molecule has 1 N–H and O–H groups in total. The van der Waals surface area contributed by atoms with Gasteiger partial charge >= 0.3 is 0 Å². The summed E-state index contributed by atoms with van der Waals surface area (Å²) >= 11 is 1.57. The van der Waals surface area contributed by atoms with Gasteiger partial charge in [-0.05, 0) is 43.0 Å². The van der Waals surface area contributed by atoms with E-state index in [1.807, 2.05) is 49.4 Å². The maximum Gasteiger partial charge on any atom is 0.250 e. The second-order valence-corrected chi connectivity index (χ2v) is 6.69. The fraction of sp³-hybridized carbons (Fsp3) is 0.300. The summed E-state index contributed by atoms with van der Waals surface area (Å²) in [5.74, 6) is 1.94. The number of benzene rings is 2. The SMILES string of the molecule is COc1ccc(CSCC(=O)N/N=C(/C)CCc2ccccc2)cc1. The molecular formula is C20H24N2O2S. The smallest absolute Gasteiger partial charge is 0.250 e. The maximum absolute atomic E-state index is 11.9. The predicted octanol–water partition coefficient (Wildman–Crippen LogP) is 4.05. The molecule has 2 aromatic rings. The topological polar surface area (TPSA) is 50.7 Å². The lowest BCUT2D eigenvalue weighted by Gasteiger charge is -2.05. The number of thioether (sulfide) groups is 1. The molecule has 0 aliphatic heterocycles. The molecule has 0 heterocycles. The minimum Gasteiger partial charge on any atom is -0.497 e. The van der Waals surface area contributed by atoms with E-state index >= 15 is 0 Å². The van der Waals surface area contributed by atoms with E-state index in [4.69, 9.17) is 4.74 Å². The van der Waals surface area contributed by atoms with Crippen molar-refractivity contribution in [2.75, 3.05) is 12.9 Å². The molecule has 0 unspecified atom stereocenters. The van der Waals surface area contributed by atoms with Crippen LogP contribution < -0.4 is 10.2 Å². The quantitative estimate of drug-likeness (QED) is 0.545. The highest BCUT2D eigenvalue weighted by Gasteiger charge is 2.02. The Balaban J connectivity index is 1.65. The molecule has 5 heteroatoms. The van der Waals surface area contributed by atoms with Crippen LogP contribution in [-0.2, 0) is 17.0 Å². The lowest BCUT2D eigenvalue weighted by Crippen LogP contribution is -2.21. The second-order valence-electron chi connectivity index (χ2n) is 5.71. The van der Waals surface area contributed by atoms with Crippen LogP contribution in [0, 0.1) is 0 Å². The number of carbonyl (C=O) groups is 1. The predicted molar refractivity (Wildman–Crippen MR) is 105 cm³/mol. The van der Waals surface area contributed by atoms with Crippen LogP contribution in [0.5, 0.6) is 5.75 Å². The van der Waals surface area contributed by atoms with E-state index in [2.05, 4.69) is 22.7 Å². The van der Waals surface area contributed by atoms with Crippen molar-refractivity contribution in [3.8, 4) is 5.75 Å². The molecule has 0 fully saturated rings. The minimum atomic E-state index is -0.0717. The third kappa shape index (κ3) is 7.44. The number of nitrogens with one attached hydrogen (secondary N) is 1. The second kappa shape index (κ2) is 10.6. The summed E-state index contributed by atoms with van der Waals surface area (Å²) in [6.45, 7) is 1.94. The van der Waals surface area contributed by atoms with Gasteiger partial charge in [-0.15, -0.1) is 11.8 Å². The van der Waals surface area contributed by atoms with E-state index in [0.717, 1.165) is 30.1 Å². The first-order chi connectivity index (χ1) is 12.2. The highest BCUT2D eigenvalue weighted by Crippen LogP contribution is 2.16. The molecule has 4 nitrogen and oxygen atoms in total. The Morgan fingerprint density at radius 2 is 1.80 bits per heavy atom. The van der Waals surface area contributed by atoms with Crippen molar-refractivity contribution >= 4 is 23.4 Å². The molecule has 0 atom stereocenters. The molecule has 2 aromatic carbocycles. The number of hydrogen-bond donors (Lipinski definition) is 1. The average Bonchev–Trinajstić information content (AvgIpc) is 2.66. The van der Waals surface area contributed by atoms with Gasteiger partial charge in [0.1, 0.15) is 5.75 Å². The van der Waals surface area contributed by atoms with Gasteiger partial charge in [-0.1, -0.05) is 42.5 Å². The summed E-state index contributed by atoms with van der Waals surface area (Å²) in [4.78, 5) is 11.9. The average molecular weight is 356 g/mol. The van der Waals surface area contributed by atoms with E-state index in [1.54, 1.807) is 18.9 Å². The molecule has 132 valence electrons. The highest BCUT2D eigenvalue weighted by molar-refractivity contribution is 7.99. The molecule has 0 saturated carbocycles. The lowest BCUT2D eigenvalue weighted by molar-refractivity contribution is -0.118. The Labute approximate surface area is 153 Å². The fourth-order valence-corrected chi connectivity index (χ4v) is 2.98. The zero-order chi connectivity index (χ0) is 17.9. The molecule has 0 bridgehead atoms. The first-order valence-corrected chi connectivity index (χ1v) is 9.39. The molecule has 0 saturated heterocycles. The summed E-state index contributed by atoms with van der Waals surface area (Å²) < 4.78 is 5.13. The maximum atomic E-state index is 11.9. The van der Waals surface area contributed by atoms with Crippen molar-refractivity contribution in [2.24, 2.45) is 5.10 Å². The minimum absolute atomic E-state index is 0.0717. The third-order valence-corrected chi connectivity index (χ3v) is 4.65. The van der Waals surface area contributed by atoms with Gasteiger partial charge in [-0.2, -0.15) is 5.10 Å². The monoisotopic (exact) mass is 356 g/mol. The van der Waals surface area contributed by atoms with Gasteiger partial charge in [-0.3, -0.25) is 4.79 Å². The van der Waals surface area contributed by atoms with Crippen molar-refractivity contribution < 1.29 is 9.53 Å². The third-order valence-electron chi connectivity index (χ3n) is 3.65. The van der Waals surface area contributed by atoms with Gasteiger partial charge in [0, 0.05) is 11.5 Å². The van der Waals surface area contributed by atoms with Crippen LogP contribution in [0.1, 0.15) is 24.5 Å². The molecule has 0 aromatic heterocycles. The zero-order valence-corrected chi connectivity index (χ0v) is 15.5. The van der Waals surface area contributed by atoms with E-state index in [9.17, 15) is 4.79 Å². The van der Waals surface area contributed by atoms with Crippen LogP contribution in [0.4, 0.5) is 0 Å². The van der Waals surface area contributed by atoms with Crippen molar-refractivity contribution in [1.82, 2.24) is 5.43 Å². The van der Waals surface area contributed by atoms with E-state index < -0.39 is 0 Å². The van der Waals surface area contributed by atoms with Crippen LogP contribution >= 0.6 is 11.8 Å². The van der Waals surface area contributed by atoms with Crippen molar-refractivity contribution in [3.05, 3.63) is 65.7 Å². The molecule has 0 aliphatic rings. The summed E-state index contributed by atoms with van der Waals surface area (Å²) in [6, 6.07) is 18.1. The number of ether oxygens (including phenoxy) is 1. The molecule has 2 rings (SSSR count). The fourth-order valence-electron chi connectivity index (χ4n) is 2.20. The Bertz CT molecular complexity index is 685. The van der Waals surface area contributed by atoms with Crippen molar-refractivity contribution in [3.63, 3.8) is 0 Å². The van der Waals surface area contributed by atoms with Crippen LogP contribution in [0.3, 0.4) is 0 Å². The number of carbonyl (C=O) groups excluding carboxylic acids is 1. The highest BCUT2D eigenvalue weighted by atomic mass is 32.2. The van der Waals surface area contributed by atoms with Crippen molar-refractivity contribution in [1.29, 1.82) is 0 Å². The first-order valence-electron chi connectivity index (χ1n) is 8.24. The standard InChI is InChI=1S/C20H24N2O2S/c1-16(8-9-17-6-4-3-5-7-17)21-22-20(23)15-25-14-18-10-12-19(24-2)13-11-18/h3-7,10-13H,8-9,14-15H2,1-2H3,(H,22,23)/b21-16-. The van der Waals surface area contributed by atoms with Gasteiger partial charge in [0.05, 0.1) is 12.9 Å². The Morgan fingerprint density at radius 3 is 2.48 bits per heavy atom. The van der Waals surface area contributed by atoms with E-state index in [1.165, 1.54) is 11.1 Å². The number of rotatable bonds is 9. The normalized spacial score (nSPS) is 11.2. The lowest BCUT2D eigenvalue weighted by atomic mass is 10.1. The molecule has 0 aliphatic carbocycles. The Morgan fingerprint density at radius 1 is 1.08 bits per heavy atom. The summed E-state index contributed by atoms with van der Waals surface area (Å²) in [6.07, 6.45) is 1.77. The van der Waals surface area contributed by atoms with Crippen LogP contribution in [0.25, 0.3) is 0 Å². The number of methoxy groups -OCH3 is 1. The van der Waals surface area contributed by atoms with E-state index in [-0.39, 0.29) is 5.91 Å². The van der Waals surface area contributed by atoms with Gasteiger partial charge < -0.3 is 4.74 Å². The summed E-state index contributed by atoms with van der Waals surface area (Å²) in [5, 5.41) is 4.17. The van der Waals surface area contributed by atoms with E-state index in [0.29, 0.717) is 5.75 Å². The summed E-state index contributed by atoms with van der Waals surface area (Å²) in [5.41, 5.74) is 6.00. The zero-order valence-electron chi connectivity index (χ0n) is 14.7. The number of nitrogens with zero attached hydrogens (tertiary/aromatic N) is 1. The number of hydrazone groups is 1. The van der Waals surface area contributed by atoms with Crippen LogP contribution in [0.2, 0.25) is 0 Å². The van der Waals surface area contributed by atoms with Crippen LogP contribution in [0.15, 0.2) is 59.7 Å². The van der Waals surface area contributed by atoms with Gasteiger partial charge in [0.15, 0.2) is 0 Å². The molecule has 25 heavy (non-hydrogen) atoms. The first kappa shape index (κ1) is 19.1. The van der Waals surface area contributed by atoms with Crippen molar-refractivity contribution in [2.45, 2.75) is 25.5 Å². The Kier molecular flexibility index (Phi) is 8.05. The Hall–Kier alpha value is -2.27. The van der Waals surface area contributed by atoms with Crippen LogP contribution in [-0.4, -0.2) is 24.5 Å². The van der Waals surface area contributed by atoms with Gasteiger partial charge in [0.25, 0.3) is 0 Å². The van der Waals surface area contributed by atoms with Gasteiger partial charge in [-0.25, -0.2) is 5.43 Å². The molecular weight excluding hydrogens is 332 g/mol. The molecule has 0 radical (unpaired) electrons. The number of aryl methyl sites for hydroxylation is 1. The number of amides is 1.